The minimum atomic E-state index is -3.01. The van der Waals surface area contributed by atoms with E-state index in [-0.39, 0.29) is 17.1 Å². The molecule has 0 bridgehead atoms. The lowest BCUT2D eigenvalue weighted by Crippen LogP contribution is -2.12. The molecule has 21 heavy (non-hydrogen) atoms. The molecule has 1 saturated carbocycles. The van der Waals surface area contributed by atoms with E-state index in [0.717, 1.165) is 5.92 Å². The van der Waals surface area contributed by atoms with Crippen LogP contribution in [0.1, 0.15) is 10.4 Å². The van der Waals surface area contributed by atoms with Crippen LogP contribution in [0.3, 0.4) is 0 Å². The number of carbonyl (C=O) groups is 1. The Kier molecular flexibility index (Phi) is 5.36. The number of rotatable bonds is 6. The number of allylic oxidation sites excluding steroid dienone is 2. The summed E-state index contributed by atoms with van der Waals surface area (Å²) in [6.07, 6.45) is 10.2. The number of ether oxygens (including phenoxy) is 1. The third kappa shape index (κ3) is 4.06. The van der Waals surface area contributed by atoms with Crippen LogP contribution in [-0.4, -0.2) is 20.4 Å². The van der Waals surface area contributed by atoms with Gasteiger partial charge >= 0.3 is 7.47 Å². The Morgan fingerprint density at radius 1 is 1.19 bits per heavy atom. The Balaban J connectivity index is 2.24. The van der Waals surface area contributed by atoms with Crippen LogP contribution in [-0.2, 0) is 0 Å². The van der Waals surface area contributed by atoms with Crippen molar-refractivity contribution >= 4 is 13.3 Å². The first-order valence-corrected chi connectivity index (χ1v) is 6.17. The normalized spacial score (nSPS) is 15.4. The Morgan fingerprint density at radius 3 is 2.48 bits per heavy atom. The van der Waals surface area contributed by atoms with Crippen molar-refractivity contribution in [2.24, 2.45) is 0 Å². The van der Waals surface area contributed by atoms with Gasteiger partial charge in [-0.15, -0.1) is 0 Å². The van der Waals surface area contributed by atoms with Crippen LogP contribution in [0.4, 0.5) is 8.63 Å². The van der Waals surface area contributed by atoms with Crippen LogP contribution in [0.2, 0.25) is 0 Å². The SMILES string of the molecule is COc1cccc(OB(F)F)c1C(=O)/C=C/[C]1[CH][CH][CH][CH]1. The molecule has 0 unspecified atom stereocenters. The number of carbonyl (C=O) groups excluding carboxylic acids is 1. The molecule has 1 fully saturated rings. The molecule has 0 amide bonds. The molecule has 0 aromatic heterocycles. The van der Waals surface area contributed by atoms with E-state index in [1.165, 1.54) is 31.4 Å². The van der Waals surface area contributed by atoms with Crippen molar-refractivity contribution in [3.8, 4) is 11.5 Å². The molecular formula is C15H12BF2O3. The van der Waals surface area contributed by atoms with Crippen LogP contribution >= 0.6 is 0 Å². The van der Waals surface area contributed by atoms with Crippen LogP contribution in [0.25, 0.3) is 0 Å². The van der Waals surface area contributed by atoms with Gasteiger partial charge in [0.1, 0.15) is 17.1 Å². The molecule has 0 heterocycles. The molecule has 1 aliphatic carbocycles. The fraction of sp³-hybridized carbons (Fsp3) is 0.0667. The number of hydrogen-bond acceptors (Lipinski definition) is 3. The van der Waals surface area contributed by atoms with E-state index in [2.05, 4.69) is 4.65 Å². The van der Waals surface area contributed by atoms with Crippen LogP contribution in [0, 0.1) is 31.6 Å². The summed E-state index contributed by atoms with van der Waals surface area (Å²) in [6.45, 7) is 0. The first kappa shape index (κ1) is 15.5. The van der Waals surface area contributed by atoms with Crippen molar-refractivity contribution < 1.29 is 22.8 Å². The number of ketones is 1. The third-order valence-electron chi connectivity index (χ3n) is 2.79. The molecule has 1 aromatic carbocycles. The zero-order chi connectivity index (χ0) is 15.2. The fourth-order valence-electron chi connectivity index (χ4n) is 1.87. The Hall–Kier alpha value is -1.85. The summed E-state index contributed by atoms with van der Waals surface area (Å²) in [5, 5.41) is 0. The highest BCUT2D eigenvalue weighted by Crippen LogP contribution is 2.31. The van der Waals surface area contributed by atoms with E-state index >= 15 is 0 Å². The van der Waals surface area contributed by atoms with Crippen molar-refractivity contribution in [2.75, 3.05) is 7.11 Å². The lowest BCUT2D eigenvalue weighted by molar-refractivity contribution is 0.104. The Labute approximate surface area is 123 Å². The summed E-state index contributed by atoms with van der Waals surface area (Å²) >= 11 is 0. The van der Waals surface area contributed by atoms with Gasteiger partial charge in [0, 0.05) is 5.92 Å². The highest BCUT2D eigenvalue weighted by Gasteiger charge is 2.24. The predicted molar refractivity (Wildman–Crippen MR) is 75.5 cm³/mol. The molecule has 0 saturated heterocycles. The van der Waals surface area contributed by atoms with Gasteiger partial charge in [-0.3, -0.25) is 4.79 Å². The second-order valence-electron chi connectivity index (χ2n) is 4.13. The number of benzene rings is 1. The van der Waals surface area contributed by atoms with Crippen LogP contribution in [0.5, 0.6) is 11.5 Å². The zero-order valence-electron chi connectivity index (χ0n) is 11.3. The smallest absolute Gasteiger partial charge is 0.504 e. The van der Waals surface area contributed by atoms with Gasteiger partial charge in [0.15, 0.2) is 5.78 Å². The molecule has 0 spiro atoms. The highest BCUT2D eigenvalue weighted by molar-refractivity contribution is 6.35. The first-order valence-electron chi connectivity index (χ1n) is 6.17. The van der Waals surface area contributed by atoms with Crippen molar-refractivity contribution in [3.63, 3.8) is 0 Å². The van der Waals surface area contributed by atoms with Crippen molar-refractivity contribution in [2.45, 2.75) is 0 Å². The summed E-state index contributed by atoms with van der Waals surface area (Å²) in [5.74, 6) is 0.352. The van der Waals surface area contributed by atoms with Gasteiger partial charge in [0.05, 0.1) is 7.11 Å². The van der Waals surface area contributed by atoms with Crippen molar-refractivity contribution in [1.82, 2.24) is 0 Å². The molecule has 0 aliphatic heterocycles. The fourth-order valence-corrected chi connectivity index (χ4v) is 1.87. The minimum Gasteiger partial charge on any atom is -0.504 e. The van der Waals surface area contributed by atoms with Crippen LogP contribution in [0.15, 0.2) is 30.4 Å². The van der Waals surface area contributed by atoms with Gasteiger partial charge in [0.25, 0.3) is 0 Å². The summed E-state index contributed by atoms with van der Waals surface area (Å²) in [7, 11) is -1.65. The van der Waals surface area contributed by atoms with Crippen LogP contribution < -0.4 is 9.39 Å². The molecule has 5 radical (unpaired) electrons. The van der Waals surface area contributed by atoms with Gasteiger partial charge in [-0.25, -0.2) is 8.63 Å². The van der Waals surface area contributed by atoms with Gasteiger partial charge in [-0.1, -0.05) is 12.1 Å². The first-order chi connectivity index (χ1) is 10.1. The predicted octanol–water partition coefficient (Wildman–Crippen LogP) is 3.14. The molecule has 1 aliphatic rings. The van der Waals surface area contributed by atoms with E-state index in [0.29, 0.717) is 0 Å². The topological polar surface area (TPSA) is 35.5 Å². The number of methoxy groups -OCH3 is 1. The Morgan fingerprint density at radius 2 is 1.86 bits per heavy atom. The summed E-state index contributed by atoms with van der Waals surface area (Å²) < 4.78 is 34.3. The molecule has 0 atom stereocenters. The summed E-state index contributed by atoms with van der Waals surface area (Å²) in [6, 6.07) is 4.30. The number of hydrogen-bond donors (Lipinski definition) is 0. The van der Waals surface area contributed by atoms with E-state index in [1.54, 1.807) is 6.08 Å². The molecular weight excluding hydrogens is 277 g/mol. The molecule has 107 valence electrons. The van der Waals surface area contributed by atoms with E-state index < -0.39 is 13.3 Å². The van der Waals surface area contributed by atoms with Gasteiger partial charge < -0.3 is 9.39 Å². The molecule has 3 nitrogen and oxygen atoms in total. The second kappa shape index (κ2) is 7.25. The highest BCUT2D eigenvalue weighted by atomic mass is 19.2. The second-order valence-corrected chi connectivity index (χ2v) is 4.13. The maximum Gasteiger partial charge on any atom is 0.796 e. The monoisotopic (exact) mass is 289 g/mol. The standard InChI is InChI=1S/C15H12BF2O3/c1-20-13-7-4-8-14(21-16(17)18)15(13)12(19)10-9-11-5-2-3-6-11/h2-10H,1H3/b10-9+. The van der Waals surface area contributed by atoms with Gasteiger partial charge in [0.2, 0.25) is 0 Å². The third-order valence-corrected chi connectivity index (χ3v) is 2.79. The maximum absolute atomic E-state index is 12.4. The minimum absolute atomic E-state index is 0.0249. The molecule has 1 aromatic rings. The van der Waals surface area contributed by atoms with Crippen molar-refractivity contribution in [1.29, 1.82) is 0 Å². The molecule has 2 rings (SSSR count). The lowest BCUT2D eigenvalue weighted by atomic mass is 10.0. The van der Waals surface area contributed by atoms with E-state index in [4.69, 9.17) is 4.74 Å². The zero-order valence-corrected chi connectivity index (χ0v) is 11.3. The summed E-state index contributed by atoms with van der Waals surface area (Å²) in [4.78, 5) is 12.2. The lowest BCUT2D eigenvalue weighted by Gasteiger charge is -2.11. The van der Waals surface area contributed by atoms with Crippen molar-refractivity contribution in [3.05, 3.63) is 67.5 Å². The summed E-state index contributed by atoms with van der Waals surface area (Å²) in [5.41, 5.74) is -0.0249. The Bertz CT molecular complexity index is 526. The van der Waals surface area contributed by atoms with Gasteiger partial charge in [-0.05, 0) is 43.9 Å². The van der Waals surface area contributed by atoms with E-state index in [9.17, 15) is 13.4 Å². The molecule has 0 N–H and O–H groups in total. The average Bonchev–Trinajstić information content (AvgIpc) is 2.97. The largest absolute Gasteiger partial charge is 0.796 e. The van der Waals surface area contributed by atoms with E-state index in [1.807, 2.05) is 25.7 Å². The number of halogens is 2. The quantitative estimate of drug-likeness (QED) is 0.458. The maximum atomic E-state index is 12.4. The molecule has 6 heteroatoms. The van der Waals surface area contributed by atoms with Gasteiger partial charge in [-0.2, -0.15) is 0 Å². The average molecular weight is 289 g/mol.